The van der Waals surface area contributed by atoms with Crippen LogP contribution in [0, 0.1) is 5.82 Å². The van der Waals surface area contributed by atoms with Gasteiger partial charge in [-0.25, -0.2) is 9.37 Å². The second-order valence-electron chi connectivity index (χ2n) is 6.99. The van der Waals surface area contributed by atoms with Gasteiger partial charge in [0.25, 0.3) is 5.91 Å². The minimum atomic E-state index is -4.54. The molecule has 1 aliphatic heterocycles. The van der Waals surface area contributed by atoms with Crippen LogP contribution in [0.4, 0.5) is 17.6 Å². The summed E-state index contributed by atoms with van der Waals surface area (Å²) in [6.45, 7) is -0.486. The lowest BCUT2D eigenvalue weighted by Crippen LogP contribution is -2.48. The van der Waals surface area contributed by atoms with Crippen LogP contribution in [0.5, 0.6) is 5.75 Å². The molecule has 1 saturated heterocycles. The fourth-order valence-electron chi connectivity index (χ4n) is 2.94. The summed E-state index contributed by atoms with van der Waals surface area (Å²) in [5, 5.41) is 5.09. The Labute approximate surface area is 184 Å². The van der Waals surface area contributed by atoms with E-state index in [1.165, 1.54) is 12.1 Å². The van der Waals surface area contributed by atoms with E-state index in [0.717, 1.165) is 6.07 Å². The molecule has 2 amide bonds. The number of carbonyl (C=O) groups excluding carboxylic acids is 2. The van der Waals surface area contributed by atoms with Crippen LogP contribution in [-0.2, 0) is 27.0 Å². The minimum absolute atomic E-state index is 0.0350. The smallest absolute Gasteiger partial charge is 0.432 e. The Morgan fingerprint density at radius 3 is 2.72 bits per heavy atom. The highest BCUT2D eigenvalue weighted by atomic mass is 35.5. The third-order valence-corrected chi connectivity index (χ3v) is 4.86. The third-order valence-electron chi connectivity index (χ3n) is 4.56. The van der Waals surface area contributed by atoms with Crippen LogP contribution >= 0.6 is 11.6 Å². The molecule has 1 fully saturated rings. The molecule has 1 aromatic heterocycles. The number of hydrogen-bond acceptors (Lipinski definition) is 5. The van der Waals surface area contributed by atoms with Crippen molar-refractivity contribution in [3.8, 4) is 5.75 Å². The van der Waals surface area contributed by atoms with Gasteiger partial charge in [-0.2, -0.15) is 13.2 Å². The molecule has 0 spiro atoms. The number of nitrogens with one attached hydrogen (secondary N) is 3. The molecule has 0 saturated carbocycles. The number of benzene rings is 1. The zero-order valence-corrected chi connectivity index (χ0v) is 17.2. The Hall–Kier alpha value is -2.86. The summed E-state index contributed by atoms with van der Waals surface area (Å²) in [5.41, 5.74) is -1.00. The van der Waals surface area contributed by atoms with Crippen LogP contribution in [0.2, 0.25) is 5.02 Å². The highest BCUT2D eigenvalue weighted by Crippen LogP contribution is 2.27. The van der Waals surface area contributed by atoms with Gasteiger partial charge < -0.3 is 25.1 Å². The van der Waals surface area contributed by atoms with Crippen molar-refractivity contribution >= 4 is 23.4 Å². The minimum Gasteiger partial charge on any atom is -0.484 e. The number of H-pyrrole nitrogens is 1. The number of nitrogens with zero attached hydrogens (tertiary/aromatic N) is 1. The molecule has 32 heavy (non-hydrogen) atoms. The van der Waals surface area contributed by atoms with E-state index in [4.69, 9.17) is 21.1 Å². The van der Waals surface area contributed by atoms with Crippen molar-refractivity contribution in [3.05, 3.63) is 46.8 Å². The van der Waals surface area contributed by atoms with Crippen LogP contribution in [-0.4, -0.2) is 47.1 Å². The van der Waals surface area contributed by atoms with E-state index < -0.39 is 35.6 Å². The average molecular weight is 479 g/mol. The van der Waals surface area contributed by atoms with Crippen molar-refractivity contribution in [1.29, 1.82) is 0 Å². The SMILES string of the molecule is O=C(COc1ccc(Cl)c(F)c1)N[C@@H]1CC[C@@H](C(=O)NCc2ncc(C(F)(F)F)[nH]2)OC1. The maximum absolute atomic E-state index is 13.4. The van der Waals surface area contributed by atoms with Gasteiger partial charge in [0.15, 0.2) is 6.61 Å². The number of alkyl halides is 3. The fraction of sp³-hybridized carbons (Fsp3) is 0.421. The van der Waals surface area contributed by atoms with Gasteiger partial charge in [-0.1, -0.05) is 11.6 Å². The van der Waals surface area contributed by atoms with Crippen LogP contribution in [0.1, 0.15) is 24.4 Å². The Morgan fingerprint density at radius 2 is 2.09 bits per heavy atom. The number of carbonyl (C=O) groups is 2. The predicted octanol–water partition coefficient (Wildman–Crippen LogP) is 2.58. The third kappa shape index (κ3) is 6.57. The summed E-state index contributed by atoms with van der Waals surface area (Å²) in [7, 11) is 0. The van der Waals surface area contributed by atoms with E-state index in [2.05, 4.69) is 20.6 Å². The van der Waals surface area contributed by atoms with Crippen LogP contribution < -0.4 is 15.4 Å². The normalized spacial score (nSPS) is 18.8. The largest absolute Gasteiger partial charge is 0.484 e. The van der Waals surface area contributed by atoms with Crippen molar-refractivity contribution in [2.24, 2.45) is 0 Å². The first-order chi connectivity index (χ1) is 15.1. The molecule has 3 N–H and O–H groups in total. The van der Waals surface area contributed by atoms with Gasteiger partial charge >= 0.3 is 6.18 Å². The van der Waals surface area contributed by atoms with Crippen molar-refractivity contribution in [1.82, 2.24) is 20.6 Å². The molecule has 1 aliphatic rings. The summed E-state index contributed by atoms with van der Waals surface area (Å²) < 4.78 is 61.7. The highest BCUT2D eigenvalue weighted by molar-refractivity contribution is 6.30. The van der Waals surface area contributed by atoms with Gasteiger partial charge in [0.2, 0.25) is 5.91 Å². The van der Waals surface area contributed by atoms with E-state index in [1.54, 1.807) is 0 Å². The molecule has 1 aromatic carbocycles. The molecule has 2 atom stereocenters. The van der Waals surface area contributed by atoms with Gasteiger partial charge in [0.1, 0.15) is 29.2 Å². The topological polar surface area (TPSA) is 105 Å². The second kappa shape index (κ2) is 10.2. The summed E-state index contributed by atoms with van der Waals surface area (Å²) in [6.07, 6.45) is -3.95. The maximum atomic E-state index is 13.4. The Balaban J connectivity index is 1.36. The number of rotatable bonds is 7. The lowest BCUT2D eigenvalue weighted by molar-refractivity contribution is -0.141. The number of aromatic nitrogens is 2. The molecular formula is C19H19ClF4N4O4. The van der Waals surface area contributed by atoms with E-state index in [-0.39, 0.29) is 42.4 Å². The van der Waals surface area contributed by atoms with E-state index in [1.807, 2.05) is 0 Å². The summed E-state index contributed by atoms with van der Waals surface area (Å²) in [4.78, 5) is 29.8. The monoisotopic (exact) mass is 478 g/mol. The van der Waals surface area contributed by atoms with Crippen molar-refractivity contribution in [2.45, 2.75) is 37.7 Å². The number of imidazole rings is 1. The molecule has 2 aromatic rings. The molecule has 3 rings (SSSR count). The lowest BCUT2D eigenvalue weighted by Gasteiger charge is -2.28. The van der Waals surface area contributed by atoms with Gasteiger partial charge in [-0.05, 0) is 25.0 Å². The lowest BCUT2D eigenvalue weighted by atomic mass is 10.0. The van der Waals surface area contributed by atoms with Crippen molar-refractivity contribution in [3.63, 3.8) is 0 Å². The Kier molecular flexibility index (Phi) is 7.56. The average Bonchev–Trinajstić information content (AvgIpc) is 3.23. The number of halogens is 5. The molecule has 0 unspecified atom stereocenters. The van der Waals surface area contributed by atoms with E-state index >= 15 is 0 Å². The van der Waals surface area contributed by atoms with Crippen molar-refractivity contribution in [2.75, 3.05) is 13.2 Å². The molecule has 13 heteroatoms. The van der Waals surface area contributed by atoms with Crippen molar-refractivity contribution < 1.29 is 36.6 Å². The first kappa shape index (κ1) is 23.8. The maximum Gasteiger partial charge on any atom is 0.432 e. The van der Waals surface area contributed by atoms with Crippen LogP contribution in [0.3, 0.4) is 0 Å². The number of aromatic amines is 1. The summed E-state index contributed by atoms with van der Waals surface area (Å²) >= 11 is 5.58. The molecule has 0 radical (unpaired) electrons. The van der Waals surface area contributed by atoms with Gasteiger partial charge in [-0.3, -0.25) is 9.59 Å². The number of hydrogen-bond donors (Lipinski definition) is 3. The van der Waals surface area contributed by atoms with Crippen LogP contribution in [0.25, 0.3) is 0 Å². The zero-order valence-electron chi connectivity index (χ0n) is 16.5. The summed E-state index contributed by atoms with van der Waals surface area (Å²) in [5.74, 6) is -1.49. The Morgan fingerprint density at radius 1 is 1.31 bits per heavy atom. The van der Waals surface area contributed by atoms with Gasteiger partial charge in [-0.15, -0.1) is 0 Å². The molecular weight excluding hydrogens is 460 g/mol. The quantitative estimate of drug-likeness (QED) is 0.531. The Bertz CT molecular complexity index is 961. The predicted molar refractivity (Wildman–Crippen MR) is 103 cm³/mol. The number of ether oxygens (including phenoxy) is 2. The van der Waals surface area contributed by atoms with Gasteiger partial charge in [0.05, 0.1) is 30.4 Å². The molecule has 0 bridgehead atoms. The molecule has 8 nitrogen and oxygen atoms in total. The highest BCUT2D eigenvalue weighted by Gasteiger charge is 2.33. The first-order valence-corrected chi connectivity index (χ1v) is 9.87. The van der Waals surface area contributed by atoms with E-state index in [0.29, 0.717) is 19.0 Å². The zero-order chi connectivity index (χ0) is 23.3. The molecule has 0 aliphatic carbocycles. The molecule has 2 heterocycles. The van der Waals surface area contributed by atoms with Crippen LogP contribution in [0.15, 0.2) is 24.4 Å². The second-order valence-corrected chi connectivity index (χ2v) is 7.39. The standard InChI is InChI=1S/C19H19ClF4N4O4/c20-12-3-2-11(5-13(12)21)31-9-17(29)27-10-1-4-14(32-8-10)18(30)26-7-16-25-6-15(28-16)19(22,23)24/h2-3,5-6,10,14H,1,4,7-9H2,(H,25,28)(H,26,30)(H,27,29)/t10-,14+/m1/s1. The number of amides is 2. The molecule has 174 valence electrons. The fourth-order valence-corrected chi connectivity index (χ4v) is 3.06. The van der Waals surface area contributed by atoms with Gasteiger partial charge in [0, 0.05) is 6.07 Å². The summed E-state index contributed by atoms with van der Waals surface area (Å²) in [6, 6.07) is 3.45. The van der Waals surface area contributed by atoms with E-state index in [9.17, 15) is 27.2 Å². The first-order valence-electron chi connectivity index (χ1n) is 9.49.